The van der Waals surface area contributed by atoms with Crippen LogP contribution in [0.4, 0.5) is 18.9 Å². The quantitative estimate of drug-likeness (QED) is 0.472. The first kappa shape index (κ1) is 18.0. The molecule has 0 aromatic heterocycles. The second kappa shape index (κ2) is 6.82. The highest BCUT2D eigenvalue weighted by Gasteiger charge is 2.33. The van der Waals surface area contributed by atoms with Crippen LogP contribution in [0.5, 0.6) is 0 Å². The zero-order valence-corrected chi connectivity index (χ0v) is 14.8. The number of nitrogens with zero attached hydrogens (tertiary/aromatic N) is 1. The van der Waals surface area contributed by atoms with E-state index in [-0.39, 0.29) is 5.91 Å². The van der Waals surface area contributed by atoms with Gasteiger partial charge in [0.25, 0.3) is 5.91 Å². The lowest BCUT2D eigenvalue weighted by Gasteiger charge is -2.14. The topological polar surface area (TPSA) is 20.3 Å². The van der Waals surface area contributed by atoms with Gasteiger partial charge in [0.15, 0.2) is 4.32 Å². The second-order valence-corrected chi connectivity index (χ2v) is 7.23. The van der Waals surface area contributed by atoms with Gasteiger partial charge in [0.2, 0.25) is 0 Å². The van der Waals surface area contributed by atoms with Crippen molar-refractivity contribution < 1.29 is 18.0 Å². The van der Waals surface area contributed by atoms with E-state index in [2.05, 4.69) is 0 Å². The molecule has 2 nitrogen and oxygen atoms in total. The fourth-order valence-corrected chi connectivity index (χ4v) is 3.63. The molecular weight excluding hydrogens is 391 g/mol. The summed E-state index contributed by atoms with van der Waals surface area (Å²) in [5, 5.41) is 0.537. The minimum absolute atomic E-state index is 0.322. The number of hydrogen-bond donors (Lipinski definition) is 0. The minimum atomic E-state index is -4.39. The number of rotatable bonds is 2. The van der Waals surface area contributed by atoms with Gasteiger partial charge in [-0.3, -0.25) is 9.69 Å². The molecule has 0 unspecified atom stereocenters. The van der Waals surface area contributed by atoms with Crippen LogP contribution in [-0.2, 0) is 11.0 Å². The predicted octanol–water partition coefficient (Wildman–Crippen LogP) is 5.76. The van der Waals surface area contributed by atoms with Crippen molar-refractivity contribution in [2.24, 2.45) is 0 Å². The summed E-state index contributed by atoms with van der Waals surface area (Å²) in [4.78, 5) is 14.3. The van der Waals surface area contributed by atoms with E-state index < -0.39 is 11.7 Å². The summed E-state index contributed by atoms with van der Waals surface area (Å²) in [6.07, 6.45) is -2.87. The van der Waals surface area contributed by atoms with E-state index >= 15 is 0 Å². The molecule has 0 spiro atoms. The summed E-state index contributed by atoms with van der Waals surface area (Å²) in [7, 11) is 0. The van der Waals surface area contributed by atoms with Gasteiger partial charge in [-0.25, -0.2) is 0 Å². The molecule has 8 heteroatoms. The van der Waals surface area contributed by atoms with Crippen LogP contribution in [0.2, 0.25) is 5.02 Å². The zero-order valence-electron chi connectivity index (χ0n) is 12.4. The highest BCUT2D eigenvalue weighted by molar-refractivity contribution is 8.27. The Morgan fingerprint density at radius 3 is 2.20 bits per heavy atom. The van der Waals surface area contributed by atoms with Crippen molar-refractivity contribution >= 4 is 57.6 Å². The monoisotopic (exact) mass is 399 g/mol. The number of carbonyl (C=O) groups is 1. The number of amides is 1. The van der Waals surface area contributed by atoms with Crippen molar-refractivity contribution in [2.75, 3.05) is 4.90 Å². The molecule has 0 radical (unpaired) electrons. The first-order valence-electron chi connectivity index (χ1n) is 6.96. The van der Waals surface area contributed by atoms with E-state index in [0.29, 0.717) is 25.5 Å². The molecule has 2 aromatic carbocycles. The van der Waals surface area contributed by atoms with Crippen LogP contribution in [0.1, 0.15) is 11.1 Å². The molecule has 0 bridgehead atoms. The molecule has 0 aliphatic carbocycles. The van der Waals surface area contributed by atoms with Crippen molar-refractivity contribution in [3.05, 3.63) is 69.6 Å². The molecule has 1 fully saturated rings. The van der Waals surface area contributed by atoms with E-state index in [9.17, 15) is 18.0 Å². The van der Waals surface area contributed by atoms with Crippen molar-refractivity contribution in [2.45, 2.75) is 6.18 Å². The number of benzene rings is 2. The van der Waals surface area contributed by atoms with Gasteiger partial charge in [-0.1, -0.05) is 47.7 Å². The number of anilines is 1. The highest BCUT2D eigenvalue weighted by Crippen LogP contribution is 2.36. The van der Waals surface area contributed by atoms with Crippen LogP contribution in [0, 0.1) is 0 Å². The number of halogens is 4. The maximum absolute atomic E-state index is 12.6. The summed E-state index contributed by atoms with van der Waals surface area (Å²) in [6, 6.07) is 11.2. The van der Waals surface area contributed by atoms with Crippen molar-refractivity contribution in [1.82, 2.24) is 0 Å². The van der Waals surface area contributed by atoms with Gasteiger partial charge in [0.05, 0.1) is 16.2 Å². The van der Waals surface area contributed by atoms with Gasteiger partial charge in [0.1, 0.15) is 0 Å². The number of alkyl halides is 3. The Labute approximate surface area is 156 Å². The molecule has 128 valence electrons. The maximum atomic E-state index is 12.6. The third kappa shape index (κ3) is 3.89. The van der Waals surface area contributed by atoms with Gasteiger partial charge in [-0.15, -0.1) is 0 Å². The fraction of sp³-hybridized carbons (Fsp3) is 0.0588. The van der Waals surface area contributed by atoms with E-state index in [4.69, 9.17) is 23.8 Å². The van der Waals surface area contributed by atoms with Crippen LogP contribution in [0.25, 0.3) is 6.08 Å². The molecule has 1 saturated heterocycles. The molecule has 0 atom stereocenters. The summed E-state index contributed by atoms with van der Waals surface area (Å²) < 4.78 is 38.1. The van der Waals surface area contributed by atoms with Crippen LogP contribution in [0.3, 0.4) is 0 Å². The Bertz CT molecular complexity index is 861. The Kier molecular flexibility index (Phi) is 4.90. The standard InChI is InChI=1S/C17H9ClF3NOS2/c18-12-5-7-13(8-6-12)22-15(23)14(25-16(22)24)9-10-1-3-11(4-2-10)17(19,20)21/h1-9H/b14-9-. The lowest BCUT2D eigenvalue weighted by atomic mass is 10.1. The molecule has 1 aliphatic heterocycles. The van der Waals surface area contributed by atoms with Gasteiger partial charge in [-0.2, -0.15) is 13.2 Å². The molecule has 25 heavy (non-hydrogen) atoms. The van der Waals surface area contributed by atoms with Crippen molar-refractivity contribution in [3.63, 3.8) is 0 Å². The lowest BCUT2D eigenvalue weighted by Crippen LogP contribution is -2.27. The van der Waals surface area contributed by atoms with E-state index in [1.165, 1.54) is 23.1 Å². The predicted molar refractivity (Wildman–Crippen MR) is 98.5 cm³/mol. The minimum Gasteiger partial charge on any atom is -0.268 e. The summed E-state index contributed by atoms with van der Waals surface area (Å²) in [5.74, 6) is -0.322. The number of thiocarbonyl (C=S) groups is 1. The maximum Gasteiger partial charge on any atom is 0.416 e. The third-order valence-electron chi connectivity index (χ3n) is 3.41. The largest absolute Gasteiger partial charge is 0.416 e. The normalized spacial score (nSPS) is 16.8. The molecule has 1 amide bonds. The van der Waals surface area contributed by atoms with Gasteiger partial charge >= 0.3 is 6.18 Å². The van der Waals surface area contributed by atoms with Gasteiger partial charge in [0, 0.05) is 5.02 Å². The molecule has 1 heterocycles. The van der Waals surface area contributed by atoms with Crippen LogP contribution >= 0.6 is 35.6 Å². The van der Waals surface area contributed by atoms with Crippen LogP contribution in [-0.4, -0.2) is 10.2 Å². The van der Waals surface area contributed by atoms with Crippen LogP contribution < -0.4 is 4.90 Å². The average molecular weight is 400 g/mol. The lowest BCUT2D eigenvalue weighted by molar-refractivity contribution is -0.137. The van der Waals surface area contributed by atoms with Crippen molar-refractivity contribution in [1.29, 1.82) is 0 Å². The third-order valence-corrected chi connectivity index (χ3v) is 4.97. The van der Waals surface area contributed by atoms with Crippen LogP contribution in [0.15, 0.2) is 53.4 Å². The molecule has 0 saturated carbocycles. The van der Waals surface area contributed by atoms with E-state index in [0.717, 1.165) is 23.9 Å². The average Bonchev–Trinajstić information content (AvgIpc) is 2.82. The Balaban J connectivity index is 1.86. The van der Waals surface area contributed by atoms with Gasteiger partial charge in [-0.05, 0) is 48.0 Å². The number of carbonyl (C=O) groups excluding carboxylic acids is 1. The van der Waals surface area contributed by atoms with Crippen molar-refractivity contribution in [3.8, 4) is 0 Å². The number of hydrogen-bond acceptors (Lipinski definition) is 3. The number of thioether (sulfide) groups is 1. The fourth-order valence-electron chi connectivity index (χ4n) is 2.20. The second-order valence-electron chi connectivity index (χ2n) is 5.11. The highest BCUT2D eigenvalue weighted by atomic mass is 35.5. The Hall–Kier alpha value is -1.83. The molecular formula is C17H9ClF3NOS2. The molecule has 1 aliphatic rings. The zero-order chi connectivity index (χ0) is 18.2. The first-order valence-corrected chi connectivity index (χ1v) is 8.57. The Morgan fingerprint density at radius 2 is 1.64 bits per heavy atom. The molecule has 2 aromatic rings. The first-order chi connectivity index (χ1) is 11.8. The Morgan fingerprint density at radius 1 is 1.04 bits per heavy atom. The smallest absolute Gasteiger partial charge is 0.268 e. The van der Waals surface area contributed by atoms with E-state index in [1.807, 2.05) is 0 Å². The molecule has 0 N–H and O–H groups in total. The van der Waals surface area contributed by atoms with Gasteiger partial charge < -0.3 is 0 Å². The summed E-state index contributed by atoms with van der Waals surface area (Å²) >= 11 is 12.2. The molecule has 3 rings (SSSR count). The SMILES string of the molecule is O=C1/C(=C/c2ccc(C(F)(F)F)cc2)SC(=S)N1c1ccc(Cl)cc1. The summed E-state index contributed by atoms with van der Waals surface area (Å²) in [5.41, 5.74) is 0.339. The van der Waals surface area contributed by atoms with E-state index in [1.54, 1.807) is 24.3 Å². The summed E-state index contributed by atoms with van der Waals surface area (Å²) in [6.45, 7) is 0.